The number of likely N-dealkylation sites (tertiary alicyclic amines) is 1. The molecule has 1 aliphatic rings. The Morgan fingerprint density at radius 2 is 1.47 bits per heavy atom. The van der Waals surface area contributed by atoms with Crippen LogP contribution in [0, 0.1) is 0 Å². The minimum absolute atomic E-state index is 0.0914. The maximum absolute atomic E-state index is 11.4. The van der Waals surface area contributed by atoms with Crippen LogP contribution in [0.3, 0.4) is 0 Å². The largest absolute Gasteiger partial charge is 0.521 e. The van der Waals surface area contributed by atoms with E-state index in [1.54, 1.807) is 0 Å². The predicted molar refractivity (Wildman–Crippen MR) is 52.7 cm³/mol. The van der Waals surface area contributed by atoms with Gasteiger partial charge in [-0.3, -0.25) is 14.5 Å². The molecule has 1 fully saturated rings. The molecular formula is C8H15NO5Si. The normalized spacial score (nSPS) is 17.7. The Morgan fingerprint density at radius 1 is 1.07 bits per heavy atom. The van der Waals surface area contributed by atoms with E-state index in [1.165, 1.54) is 21.3 Å². The number of rotatable bonds is 5. The van der Waals surface area contributed by atoms with E-state index in [9.17, 15) is 9.59 Å². The SMILES string of the molecule is CO[Si](CN1C(=O)CCC1=O)(OC)OC. The van der Waals surface area contributed by atoms with Crippen molar-refractivity contribution in [2.45, 2.75) is 12.8 Å². The summed E-state index contributed by atoms with van der Waals surface area (Å²) in [7, 11) is 1.46. The number of amides is 2. The summed E-state index contributed by atoms with van der Waals surface area (Å²) in [5, 5.41) is 0. The summed E-state index contributed by atoms with van der Waals surface area (Å²) < 4.78 is 15.4. The lowest BCUT2D eigenvalue weighted by molar-refractivity contribution is -0.138. The van der Waals surface area contributed by atoms with Gasteiger partial charge in [-0.15, -0.1) is 0 Å². The van der Waals surface area contributed by atoms with Gasteiger partial charge in [0.25, 0.3) is 0 Å². The van der Waals surface area contributed by atoms with E-state index in [2.05, 4.69) is 0 Å². The Hall–Kier alpha value is -0.763. The molecule has 0 bridgehead atoms. The first-order valence-corrected chi connectivity index (χ1v) is 6.50. The molecule has 0 aromatic carbocycles. The third-order valence-electron chi connectivity index (χ3n) is 2.44. The highest BCUT2D eigenvalue weighted by Crippen LogP contribution is 2.16. The van der Waals surface area contributed by atoms with Crippen molar-refractivity contribution >= 4 is 20.6 Å². The molecule has 0 aromatic rings. The Kier molecular flexibility index (Phi) is 3.97. The van der Waals surface area contributed by atoms with Crippen molar-refractivity contribution in [1.82, 2.24) is 4.90 Å². The number of hydrogen-bond acceptors (Lipinski definition) is 5. The van der Waals surface area contributed by atoms with Crippen molar-refractivity contribution in [3.8, 4) is 0 Å². The minimum Gasteiger partial charge on any atom is -0.376 e. The first-order valence-electron chi connectivity index (χ1n) is 4.57. The van der Waals surface area contributed by atoms with E-state index >= 15 is 0 Å². The molecule has 0 aromatic heterocycles. The predicted octanol–water partition coefficient (Wildman–Crippen LogP) is -0.447. The fourth-order valence-corrected chi connectivity index (χ4v) is 3.06. The van der Waals surface area contributed by atoms with E-state index in [0.717, 1.165) is 4.90 Å². The van der Waals surface area contributed by atoms with E-state index in [0.29, 0.717) is 0 Å². The summed E-state index contributed by atoms with van der Waals surface area (Å²) >= 11 is 0. The van der Waals surface area contributed by atoms with Crippen molar-refractivity contribution in [3.05, 3.63) is 0 Å². The summed E-state index contributed by atoms with van der Waals surface area (Å²) in [6, 6.07) is 0. The van der Waals surface area contributed by atoms with Gasteiger partial charge in [0.05, 0.1) is 6.17 Å². The van der Waals surface area contributed by atoms with Crippen LogP contribution in [0.4, 0.5) is 0 Å². The molecule has 0 N–H and O–H groups in total. The van der Waals surface area contributed by atoms with Gasteiger partial charge in [-0.05, 0) is 0 Å². The van der Waals surface area contributed by atoms with E-state index < -0.39 is 8.80 Å². The smallest absolute Gasteiger partial charge is 0.376 e. The van der Waals surface area contributed by atoms with Crippen LogP contribution in [0.2, 0.25) is 0 Å². The summed E-state index contributed by atoms with van der Waals surface area (Å²) in [5.41, 5.74) is 0. The minimum atomic E-state index is -2.88. The second kappa shape index (κ2) is 4.84. The molecule has 2 amide bonds. The second-order valence-electron chi connectivity index (χ2n) is 3.17. The zero-order valence-electron chi connectivity index (χ0n) is 9.11. The first kappa shape index (κ1) is 12.3. The zero-order chi connectivity index (χ0) is 11.5. The average Bonchev–Trinajstić information content (AvgIpc) is 2.57. The molecule has 86 valence electrons. The number of nitrogens with zero attached hydrogens (tertiary/aromatic N) is 1. The lowest BCUT2D eigenvalue weighted by atomic mass is 10.4. The highest BCUT2D eigenvalue weighted by molar-refractivity contribution is 6.61. The molecule has 0 spiro atoms. The molecule has 0 atom stereocenters. The Morgan fingerprint density at radius 3 is 1.80 bits per heavy atom. The third-order valence-corrected chi connectivity index (χ3v) is 5.01. The molecule has 1 saturated heterocycles. The molecule has 1 rings (SSSR count). The van der Waals surface area contributed by atoms with Crippen LogP contribution in [0.15, 0.2) is 0 Å². The molecule has 0 aliphatic carbocycles. The van der Waals surface area contributed by atoms with E-state index in [1.807, 2.05) is 0 Å². The number of hydrogen-bond donors (Lipinski definition) is 0. The van der Waals surface area contributed by atoms with Crippen LogP contribution in [-0.2, 0) is 22.9 Å². The molecule has 15 heavy (non-hydrogen) atoms. The fourth-order valence-electron chi connectivity index (χ4n) is 1.44. The topological polar surface area (TPSA) is 65.1 Å². The first-order chi connectivity index (χ1) is 7.08. The van der Waals surface area contributed by atoms with E-state index in [4.69, 9.17) is 13.3 Å². The maximum atomic E-state index is 11.4. The van der Waals surface area contributed by atoms with Crippen molar-refractivity contribution in [2.24, 2.45) is 0 Å². The number of carbonyl (C=O) groups excluding carboxylic acids is 2. The quantitative estimate of drug-likeness (QED) is 0.475. The van der Waals surface area contributed by atoms with Crippen LogP contribution in [0.25, 0.3) is 0 Å². The van der Waals surface area contributed by atoms with Gasteiger partial charge < -0.3 is 13.3 Å². The van der Waals surface area contributed by atoms with Crippen molar-refractivity contribution in [3.63, 3.8) is 0 Å². The van der Waals surface area contributed by atoms with Gasteiger partial charge in [0.15, 0.2) is 0 Å². The third kappa shape index (κ3) is 2.43. The highest BCUT2D eigenvalue weighted by Gasteiger charge is 2.45. The van der Waals surface area contributed by atoms with E-state index in [-0.39, 0.29) is 30.8 Å². The molecule has 0 radical (unpaired) electrons. The van der Waals surface area contributed by atoms with Crippen molar-refractivity contribution in [2.75, 3.05) is 27.5 Å². The van der Waals surface area contributed by atoms with Crippen LogP contribution < -0.4 is 0 Å². The van der Waals surface area contributed by atoms with Gasteiger partial charge in [0.1, 0.15) is 0 Å². The molecular weight excluding hydrogens is 218 g/mol. The monoisotopic (exact) mass is 233 g/mol. The van der Waals surface area contributed by atoms with Gasteiger partial charge in [0.2, 0.25) is 11.8 Å². The van der Waals surface area contributed by atoms with Gasteiger partial charge in [-0.1, -0.05) is 0 Å². The number of carbonyl (C=O) groups is 2. The fraction of sp³-hybridized carbons (Fsp3) is 0.750. The molecule has 6 nitrogen and oxygen atoms in total. The molecule has 1 heterocycles. The summed E-state index contributed by atoms with van der Waals surface area (Å²) in [6.45, 7) is 0. The van der Waals surface area contributed by atoms with Gasteiger partial charge in [-0.2, -0.15) is 0 Å². The standard InChI is InChI=1S/C8H15NO5Si/c1-12-15(13-2,14-3)6-9-7(10)4-5-8(9)11/h4-6H2,1-3H3. The van der Waals surface area contributed by atoms with Gasteiger partial charge in [-0.25, -0.2) is 0 Å². The molecule has 1 aliphatic heterocycles. The van der Waals surface area contributed by atoms with Crippen LogP contribution in [-0.4, -0.2) is 53.0 Å². The lowest BCUT2D eigenvalue weighted by Gasteiger charge is -2.27. The summed E-state index contributed by atoms with van der Waals surface area (Å²) in [5.74, 6) is -0.383. The second-order valence-corrected chi connectivity index (χ2v) is 6.08. The molecule has 0 unspecified atom stereocenters. The molecule has 0 saturated carbocycles. The summed E-state index contributed by atoms with van der Waals surface area (Å²) in [4.78, 5) is 23.9. The number of imide groups is 1. The Balaban J connectivity index is 2.73. The molecule has 7 heteroatoms. The average molecular weight is 233 g/mol. The van der Waals surface area contributed by atoms with Crippen LogP contribution >= 0.6 is 0 Å². The van der Waals surface area contributed by atoms with Crippen molar-refractivity contribution in [1.29, 1.82) is 0 Å². The Labute approximate surface area is 89.5 Å². The highest BCUT2D eigenvalue weighted by atomic mass is 28.4. The maximum Gasteiger partial charge on any atom is 0.521 e. The Bertz CT molecular complexity index is 241. The van der Waals surface area contributed by atoms with Crippen LogP contribution in [0.5, 0.6) is 0 Å². The summed E-state index contributed by atoms with van der Waals surface area (Å²) in [6.07, 6.45) is 0.620. The lowest BCUT2D eigenvalue weighted by Crippen LogP contribution is -2.54. The van der Waals surface area contributed by atoms with Crippen LogP contribution in [0.1, 0.15) is 12.8 Å². The van der Waals surface area contributed by atoms with Gasteiger partial charge >= 0.3 is 8.80 Å². The van der Waals surface area contributed by atoms with Gasteiger partial charge in [0, 0.05) is 34.2 Å². The zero-order valence-corrected chi connectivity index (χ0v) is 10.1. The van der Waals surface area contributed by atoms with Crippen molar-refractivity contribution < 1.29 is 22.9 Å².